The Labute approximate surface area is 101 Å². The Balaban J connectivity index is 2.06. The minimum Gasteiger partial charge on any atom is -0.299 e. The summed E-state index contributed by atoms with van der Waals surface area (Å²) in [5.74, 6) is 0.612. The van der Waals surface area contributed by atoms with E-state index in [0.29, 0.717) is 11.8 Å². The van der Waals surface area contributed by atoms with E-state index in [1.807, 2.05) is 11.3 Å². The van der Waals surface area contributed by atoms with Crippen LogP contribution in [0.3, 0.4) is 0 Å². The lowest BCUT2D eigenvalue weighted by molar-refractivity contribution is -0.128. The van der Waals surface area contributed by atoms with Crippen LogP contribution in [-0.4, -0.2) is 23.3 Å². The third kappa shape index (κ3) is 2.20. The Morgan fingerprint density at radius 3 is 2.88 bits per heavy atom. The number of ketones is 1. The quantitative estimate of drug-likeness (QED) is 0.788. The van der Waals surface area contributed by atoms with E-state index < -0.39 is 0 Å². The van der Waals surface area contributed by atoms with Crippen LogP contribution in [0.15, 0.2) is 11.4 Å². The normalized spacial score (nSPS) is 27.3. The maximum Gasteiger partial charge on any atom is 0.138 e. The van der Waals surface area contributed by atoms with E-state index in [1.165, 1.54) is 10.4 Å². The van der Waals surface area contributed by atoms with E-state index in [9.17, 15) is 4.79 Å². The van der Waals surface area contributed by atoms with Crippen LogP contribution in [-0.2, 0) is 11.3 Å². The molecule has 0 aliphatic carbocycles. The number of likely N-dealkylation sites (tertiary alicyclic amines) is 1. The smallest absolute Gasteiger partial charge is 0.138 e. The molecular formula is C13H19NOS. The van der Waals surface area contributed by atoms with Crippen molar-refractivity contribution in [3.8, 4) is 0 Å². The van der Waals surface area contributed by atoms with Crippen molar-refractivity contribution >= 4 is 17.1 Å². The molecule has 88 valence electrons. The molecule has 1 aliphatic rings. The lowest BCUT2D eigenvalue weighted by atomic mass is 9.90. The van der Waals surface area contributed by atoms with Crippen LogP contribution in [0.25, 0.3) is 0 Å². The first-order chi connectivity index (χ1) is 7.59. The summed E-state index contributed by atoms with van der Waals surface area (Å²) in [4.78, 5) is 15.5. The number of carbonyl (C=O) groups is 1. The predicted molar refractivity (Wildman–Crippen MR) is 67.7 cm³/mol. The zero-order chi connectivity index (χ0) is 11.7. The van der Waals surface area contributed by atoms with Gasteiger partial charge in [0.15, 0.2) is 0 Å². The standard InChI is InChI=1S/C13H19NOS/c1-9-5-7-16-13(9)8-14-6-4-12(15)10(2)11(14)3/h5,7,10-11H,4,6,8H2,1-3H3. The van der Waals surface area contributed by atoms with Gasteiger partial charge in [-0.1, -0.05) is 6.92 Å². The lowest BCUT2D eigenvalue weighted by Gasteiger charge is -2.36. The first-order valence-corrected chi connectivity index (χ1v) is 6.77. The van der Waals surface area contributed by atoms with Crippen LogP contribution >= 0.6 is 11.3 Å². The average Bonchev–Trinajstić information content (AvgIpc) is 2.65. The first-order valence-electron chi connectivity index (χ1n) is 5.89. The topological polar surface area (TPSA) is 20.3 Å². The first kappa shape index (κ1) is 11.8. The molecule has 1 fully saturated rings. The van der Waals surface area contributed by atoms with Gasteiger partial charge in [0.2, 0.25) is 0 Å². The number of nitrogens with zero attached hydrogens (tertiary/aromatic N) is 1. The summed E-state index contributed by atoms with van der Waals surface area (Å²) in [7, 11) is 0. The van der Waals surface area contributed by atoms with Gasteiger partial charge in [-0.25, -0.2) is 0 Å². The van der Waals surface area contributed by atoms with Gasteiger partial charge in [-0.15, -0.1) is 11.3 Å². The molecule has 0 amide bonds. The van der Waals surface area contributed by atoms with Crippen molar-refractivity contribution in [3.63, 3.8) is 0 Å². The van der Waals surface area contributed by atoms with Gasteiger partial charge in [-0.2, -0.15) is 0 Å². The minimum atomic E-state index is 0.189. The van der Waals surface area contributed by atoms with E-state index in [0.717, 1.165) is 19.5 Å². The summed E-state index contributed by atoms with van der Waals surface area (Å²) >= 11 is 1.82. The summed E-state index contributed by atoms with van der Waals surface area (Å²) in [6.07, 6.45) is 0.718. The Morgan fingerprint density at radius 2 is 2.25 bits per heavy atom. The summed E-state index contributed by atoms with van der Waals surface area (Å²) < 4.78 is 0. The number of hydrogen-bond donors (Lipinski definition) is 0. The van der Waals surface area contributed by atoms with Crippen molar-refractivity contribution in [3.05, 3.63) is 21.9 Å². The van der Waals surface area contributed by atoms with Gasteiger partial charge in [0.1, 0.15) is 5.78 Å². The lowest BCUT2D eigenvalue weighted by Crippen LogP contribution is -2.46. The summed E-state index contributed by atoms with van der Waals surface area (Å²) in [6, 6.07) is 2.55. The zero-order valence-electron chi connectivity index (χ0n) is 10.2. The molecule has 0 radical (unpaired) electrons. The molecule has 0 bridgehead atoms. The largest absolute Gasteiger partial charge is 0.299 e. The number of thiophene rings is 1. The monoisotopic (exact) mass is 237 g/mol. The van der Waals surface area contributed by atoms with Crippen molar-refractivity contribution in [1.29, 1.82) is 0 Å². The highest BCUT2D eigenvalue weighted by Gasteiger charge is 2.30. The molecule has 2 nitrogen and oxygen atoms in total. The molecule has 2 unspecified atom stereocenters. The second-order valence-corrected chi connectivity index (χ2v) is 5.74. The van der Waals surface area contributed by atoms with Crippen LogP contribution in [0, 0.1) is 12.8 Å². The van der Waals surface area contributed by atoms with Crippen LogP contribution in [0.2, 0.25) is 0 Å². The fourth-order valence-corrected chi connectivity index (χ4v) is 3.17. The Bertz CT molecular complexity index is 385. The fourth-order valence-electron chi connectivity index (χ4n) is 2.24. The highest BCUT2D eigenvalue weighted by atomic mass is 32.1. The van der Waals surface area contributed by atoms with Gasteiger partial charge in [0, 0.05) is 36.3 Å². The third-order valence-corrected chi connectivity index (χ3v) is 4.78. The summed E-state index contributed by atoms with van der Waals surface area (Å²) in [5.41, 5.74) is 1.38. The Hall–Kier alpha value is -0.670. The average molecular weight is 237 g/mol. The van der Waals surface area contributed by atoms with Crippen LogP contribution < -0.4 is 0 Å². The molecular weight excluding hydrogens is 218 g/mol. The molecule has 1 aromatic heterocycles. The van der Waals surface area contributed by atoms with Gasteiger partial charge < -0.3 is 0 Å². The van der Waals surface area contributed by atoms with Crippen LogP contribution in [0.5, 0.6) is 0 Å². The molecule has 2 heterocycles. The van der Waals surface area contributed by atoms with Crippen molar-refractivity contribution in [2.45, 2.75) is 39.8 Å². The van der Waals surface area contributed by atoms with Crippen LogP contribution in [0.1, 0.15) is 30.7 Å². The zero-order valence-corrected chi connectivity index (χ0v) is 11.0. The SMILES string of the molecule is Cc1ccsc1CN1CCC(=O)C(C)C1C. The van der Waals surface area contributed by atoms with E-state index >= 15 is 0 Å². The number of aryl methyl sites for hydroxylation is 1. The summed E-state index contributed by atoms with van der Waals surface area (Å²) in [5, 5.41) is 2.15. The van der Waals surface area contributed by atoms with E-state index in [-0.39, 0.29) is 5.92 Å². The highest BCUT2D eigenvalue weighted by Crippen LogP contribution is 2.25. The molecule has 0 N–H and O–H groups in total. The number of piperidine rings is 1. The molecule has 1 aliphatic heterocycles. The number of hydrogen-bond acceptors (Lipinski definition) is 3. The van der Waals surface area contributed by atoms with Crippen molar-refractivity contribution < 1.29 is 4.79 Å². The molecule has 1 saturated heterocycles. The minimum absolute atomic E-state index is 0.189. The highest BCUT2D eigenvalue weighted by molar-refractivity contribution is 7.10. The Morgan fingerprint density at radius 1 is 1.50 bits per heavy atom. The number of rotatable bonds is 2. The molecule has 3 heteroatoms. The van der Waals surface area contributed by atoms with Crippen molar-refractivity contribution in [2.75, 3.05) is 6.54 Å². The van der Waals surface area contributed by atoms with Gasteiger partial charge >= 0.3 is 0 Å². The molecule has 16 heavy (non-hydrogen) atoms. The Kier molecular flexibility index (Phi) is 3.45. The fraction of sp³-hybridized carbons (Fsp3) is 0.615. The predicted octanol–water partition coefficient (Wildman–Crippen LogP) is 2.86. The van der Waals surface area contributed by atoms with Gasteiger partial charge in [-0.05, 0) is 30.9 Å². The third-order valence-electron chi connectivity index (χ3n) is 3.77. The van der Waals surface area contributed by atoms with E-state index in [1.54, 1.807) is 0 Å². The molecule has 1 aromatic rings. The van der Waals surface area contributed by atoms with E-state index in [2.05, 4.69) is 37.1 Å². The van der Waals surface area contributed by atoms with Crippen molar-refractivity contribution in [1.82, 2.24) is 4.90 Å². The van der Waals surface area contributed by atoms with E-state index in [4.69, 9.17) is 0 Å². The molecule has 0 spiro atoms. The van der Waals surface area contributed by atoms with Gasteiger partial charge in [0.25, 0.3) is 0 Å². The van der Waals surface area contributed by atoms with Gasteiger partial charge in [0.05, 0.1) is 0 Å². The maximum atomic E-state index is 11.6. The van der Waals surface area contributed by atoms with Crippen LogP contribution in [0.4, 0.5) is 0 Å². The number of carbonyl (C=O) groups excluding carboxylic acids is 1. The second-order valence-electron chi connectivity index (χ2n) is 4.74. The maximum absolute atomic E-state index is 11.6. The molecule has 0 aromatic carbocycles. The van der Waals surface area contributed by atoms with Crippen molar-refractivity contribution in [2.24, 2.45) is 5.92 Å². The van der Waals surface area contributed by atoms with Gasteiger partial charge in [-0.3, -0.25) is 9.69 Å². The number of Topliss-reactive ketones (excluding diaryl/α,β-unsaturated/α-hetero) is 1. The molecule has 2 rings (SSSR count). The second kappa shape index (κ2) is 4.68. The molecule has 0 saturated carbocycles. The summed E-state index contributed by atoms with van der Waals surface area (Å²) in [6.45, 7) is 8.31. The molecule has 2 atom stereocenters.